The van der Waals surface area contributed by atoms with E-state index in [9.17, 15) is 18.0 Å². The summed E-state index contributed by atoms with van der Waals surface area (Å²) in [5, 5.41) is 7.48. The van der Waals surface area contributed by atoms with E-state index >= 15 is 0 Å². The molecule has 5 N–H and O–H groups in total. The third kappa shape index (κ3) is 4.21. The quantitative estimate of drug-likeness (QED) is 0.461. The summed E-state index contributed by atoms with van der Waals surface area (Å²) in [6.07, 6.45) is 2.80. The molecule has 1 aromatic carbocycles. The number of nitrogens with one attached hydrogen (secondary N) is 3. The van der Waals surface area contributed by atoms with Crippen LogP contribution >= 0.6 is 0 Å². The van der Waals surface area contributed by atoms with Crippen LogP contribution in [0, 0.1) is 0 Å². The molecule has 0 unspecified atom stereocenters. The Morgan fingerprint density at radius 2 is 1.67 bits per heavy atom. The molecule has 0 atom stereocenters. The fourth-order valence-corrected chi connectivity index (χ4v) is 2.89. The van der Waals surface area contributed by atoms with Crippen LogP contribution in [0.3, 0.4) is 0 Å². The maximum atomic E-state index is 12.3. The highest BCUT2D eigenvalue weighted by Gasteiger charge is 2.15. The predicted molar refractivity (Wildman–Crippen MR) is 95.6 cm³/mol. The van der Waals surface area contributed by atoms with Crippen molar-refractivity contribution in [3.05, 3.63) is 63.6 Å². The molecule has 0 fully saturated rings. The van der Waals surface area contributed by atoms with E-state index in [1.807, 2.05) is 4.98 Å². The first kappa shape index (κ1) is 17.9. The van der Waals surface area contributed by atoms with Gasteiger partial charge < -0.3 is 5.73 Å². The van der Waals surface area contributed by atoms with E-state index in [-0.39, 0.29) is 28.0 Å². The van der Waals surface area contributed by atoms with Crippen molar-refractivity contribution in [2.24, 2.45) is 10.2 Å². The third-order valence-electron chi connectivity index (χ3n) is 3.15. The van der Waals surface area contributed by atoms with Gasteiger partial charge in [0, 0.05) is 12.4 Å². The number of sulfonamides is 1. The lowest BCUT2D eigenvalue weighted by atomic mass is 10.3. The largest absolute Gasteiger partial charge is 0.383 e. The third-order valence-corrected chi connectivity index (χ3v) is 4.49. The molecular weight excluding hydrogens is 376 g/mol. The zero-order valence-corrected chi connectivity index (χ0v) is 14.3. The molecule has 12 nitrogen and oxygen atoms in total. The number of aromatic nitrogens is 4. The molecule has 3 aromatic rings. The van der Waals surface area contributed by atoms with E-state index in [4.69, 9.17) is 5.73 Å². The van der Waals surface area contributed by atoms with Gasteiger partial charge in [-0.25, -0.2) is 27.9 Å². The van der Waals surface area contributed by atoms with Gasteiger partial charge in [0.2, 0.25) is 5.95 Å². The minimum atomic E-state index is -3.88. The predicted octanol–water partition coefficient (Wildman–Crippen LogP) is 0.652. The molecule has 138 valence electrons. The Labute approximate surface area is 151 Å². The smallest absolute Gasteiger partial charge is 0.327 e. The minimum Gasteiger partial charge on any atom is -0.383 e. The molecule has 0 aliphatic carbocycles. The summed E-state index contributed by atoms with van der Waals surface area (Å²) < 4.78 is 26.8. The molecule has 2 heterocycles. The first-order valence-corrected chi connectivity index (χ1v) is 8.77. The zero-order chi connectivity index (χ0) is 19.4. The van der Waals surface area contributed by atoms with Crippen LogP contribution < -0.4 is 21.7 Å². The Hall–Kier alpha value is -3.87. The van der Waals surface area contributed by atoms with Gasteiger partial charge in [-0.2, -0.15) is 5.11 Å². The molecule has 0 amide bonds. The van der Waals surface area contributed by atoms with Gasteiger partial charge in [-0.1, -0.05) is 0 Å². The molecule has 13 heteroatoms. The Bertz CT molecular complexity index is 1200. The lowest BCUT2D eigenvalue weighted by Crippen LogP contribution is -2.23. The highest BCUT2D eigenvalue weighted by atomic mass is 32.2. The van der Waals surface area contributed by atoms with E-state index in [1.54, 1.807) is 6.07 Å². The number of rotatable bonds is 5. The Morgan fingerprint density at radius 3 is 2.30 bits per heavy atom. The first-order valence-electron chi connectivity index (χ1n) is 7.29. The van der Waals surface area contributed by atoms with Gasteiger partial charge in [-0.3, -0.25) is 14.8 Å². The average molecular weight is 388 g/mol. The topological polar surface area (TPSA) is 188 Å². The molecule has 0 spiro atoms. The lowest BCUT2D eigenvalue weighted by molar-refractivity contribution is 0.601. The standard InChI is InChI=1S/C14H12N8O4S/c15-11-10(12(23)19-14(24)18-11)21-20-8-2-4-9(5-3-8)27(25,26)22-13-16-6-1-7-17-13/h1-7H,(H,16,17,22)(H4,15,18,19,23,24). The summed E-state index contributed by atoms with van der Waals surface area (Å²) in [6.45, 7) is 0. The number of benzene rings is 1. The van der Waals surface area contributed by atoms with Gasteiger partial charge in [0.25, 0.3) is 15.6 Å². The minimum absolute atomic E-state index is 0.0460. The van der Waals surface area contributed by atoms with Crippen LogP contribution in [0.1, 0.15) is 0 Å². The van der Waals surface area contributed by atoms with Crippen molar-refractivity contribution in [1.29, 1.82) is 0 Å². The van der Waals surface area contributed by atoms with Gasteiger partial charge in [0.05, 0.1) is 10.6 Å². The van der Waals surface area contributed by atoms with Crippen LogP contribution in [-0.2, 0) is 10.0 Å². The normalized spacial score (nSPS) is 11.6. The van der Waals surface area contributed by atoms with E-state index in [0.717, 1.165) is 0 Å². The van der Waals surface area contributed by atoms with Gasteiger partial charge in [0.15, 0.2) is 5.69 Å². The van der Waals surface area contributed by atoms with Crippen molar-refractivity contribution in [3.63, 3.8) is 0 Å². The van der Waals surface area contributed by atoms with E-state index in [0.29, 0.717) is 0 Å². The number of H-pyrrole nitrogens is 2. The maximum Gasteiger partial charge on any atom is 0.327 e. The number of nitrogens with zero attached hydrogens (tertiary/aromatic N) is 4. The van der Waals surface area contributed by atoms with Crippen LogP contribution in [0.5, 0.6) is 0 Å². The highest BCUT2D eigenvalue weighted by molar-refractivity contribution is 7.92. The number of azo groups is 1. The second-order valence-corrected chi connectivity index (χ2v) is 6.72. The van der Waals surface area contributed by atoms with Crippen molar-refractivity contribution >= 4 is 33.2 Å². The molecule has 0 aliphatic rings. The Morgan fingerprint density at radius 1 is 1.00 bits per heavy atom. The SMILES string of the molecule is Nc1[nH]c(=O)[nH]c(=O)c1N=Nc1ccc(S(=O)(=O)Nc2ncccn2)cc1. The van der Waals surface area contributed by atoms with Gasteiger partial charge in [-0.05, 0) is 30.3 Å². The highest BCUT2D eigenvalue weighted by Crippen LogP contribution is 2.21. The molecule has 0 saturated carbocycles. The van der Waals surface area contributed by atoms with Gasteiger partial charge in [-0.15, -0.1) is 5.11 Å². The van der Waals surface area contributed by atoms with Crippen LogP contribution in [0.2, 0.25) is 0 Å². The van der Waals surface area contributed by atoms with Crippen molar-refractivity contribution in [2.45, 2.75) is 4.90 Å². The monoisotopic (exact) mass is 388 g/mol. The number of anilines is 2. The molecule has 0 aliphatic heterocycles. The van der Waals surface area contributed by atoms with Crippen LogP contribution in [0.15, 0.2) is 67.4 Å². The molecule has 27 heavy (non-hydrogen) atoms. The molecule has 3 rings (SSSR count). The molecule has 0 bridgehead atoms. The molecule has 2 aromatic heterocycles. The average Bonchev–Trinajstić information content (AvgIpc) is 2.61. The first-order chi connectivity index (χ1) is 12.8. The lowest BCUT2D eigenvalue weighted by Gasteiger charge is -2.06. The number of nitrogen functional groups attached to an aromatic ring is 1. The summed E-state index contributed by atoms with van der Waals surface area (Å²) in [6, 6.07) is 6.89. The van der Waals surface area contributed by atoms with Gasteiger partial charge in [0.1, 0.15) is 5.82 Å². The maximum absolute atomic E-state index is 12.3. The summed E-state index contributed by atoms with van der Waals surface area (Å²) >= 11 is 0. The number of hydrogen-bond donors (Lipinski definition) is 4. The molecule has 0 saturated heterocycles. The Balaban J connectivity index is 1.82. The van der Waals surface area contributed by atoms with E-state index < -0.39 is 21.3 Å². The van der Waals surface area contributed by atoms with E-state index in [2.05, 4.69) is 29.9 Å². The zero-order valence-electron chi connectivity index (χ0n) is 13.4. The Kier molecular flexibility index (Phi) is 4.76. The van der Waals surface area contributed by atoms with Crippen molar-refractivity contribution in [3.8, 4) is 0 Å². The fourth-order valence-electron chi connectivity index (χ4n) is 1.93. The van der Waals surface area contributed by atoms with Crippen LogP contribution in [-0.4, -0.2) is 28.4 Å². The number of nitrogens with two attached hydrogens (primary N) is 1. The number of aromatic amines is 2. The molecular formula is C14H12N8O4S. The van der Waals surface area contributed by atoms with Crippen molar-refractivity contribution < 1.29 is 8.42 Å². The summed E-state index contributed by atoms with van der Waals surface area (Å²) in [7, 11) is -3.88. The second-order valence-electron chi connectivity index (χ2n) is 5.04. The summed E-state index contributed by atoms with van der Waals surface area (Å²) in [4.78, 5) is 34.4. The summed E-state index contributed by atoms with van der Waals surface area (Å²) in [5.74, 6) is -0.298. The summed E-state index contributed by atoms with van der Waals surface area (Å²) in [5.41, 5.74) is 3.94. The second kappa shape index (κ2) is 7.17. The van der Waals surface area contributed by atoms with Crippen LogP contribution in [0.25, 0.3) is 0 Å². The van der Waals surface area contributed by atoms with Crippen molar-refractivity contribution in [1.82, 2.24) is 19.9 Å². The van der Waals surface area contributed by atoms with Crippen LogP contribution in [0.4, 0.5) is 23.1 Å². The number of hydrogen-bond acceptors (Lipinski definition) is 9. The van der Waals surface area contributed by atoms with E-state index in [1.165, 1.54) is 36.7 Å². The molecule has 0 radical (unpaired) electrons. The fraction of sp³-hybridized carbons (Fsp3) is 0. The van der Waals surface area contributed by atoms with Crippen molar-refractivity contribution in [2.75, 3.05) is 10.5 Å². The van der Waals surface area contributed by atoms with Gasteiger partial charge >= 0.3 is 5.69 Å².